The number of aryl methyl sites for hydroxylation is 1. The highest BCUT2D eigenvalue weighted by atomic mass is 16.5. The van der Waals surface area contributed by atoms with Crippen LogP contribution in [0.1, 0.15) is 32.5 Å². The van der Waals surface area contributed by atoms with Gasteiger partial charge in [0.1, 0.15) is 23.6 Å². The highest BCUT2D eigenvalue weighted by Gasteiger charge is 2.09. The summed E-state index contributed by atoms with van der Waals surface area (Å²) in [4.78, 5) is 4.13. The summed E-state index contributed by atoms with van der Waals surface area (Å²) in [6.07, 6.45) is 9.01. The Labute approximate surface area is 120 Å². The maximum atomic E-state index is 5.82. The lowest BCUT2D eigenvalue weighted by Crippen LogP contribution is -2.15. The van der Waals surface area contributed by atoms with Gasteiger partial charge in [0.15, 0.2) is 0 Å². The Morgan fingerprint density at radius 3 is 2.85 bits per heavy atom. The molecule has 0 aliphatic heterocycles. The van der Waals surface area contributed by atoms with E-state index in [0.29, 0.717) is 12.4 Å². The molecule has 1 rings (SSSR count). The molecule has 5 heteroatoms. The van der Waals surface area contributed by atoms with Crippen LogP contribution in [-0.2, 0) is 4.74 Å². The van der Waals surface area contributed by atoms with Crippen LogP contribution >= 0.6 is 0 Å². The van der Waals surface area contributed by atoms with Crippen LogP contribution in [0.4, 0.5) is 0 Å². The third kappa shape index (κ3) is 5.01. The predicted molar refractivity (Wildman–Crippen MR) is 81.8 cm³/mol. The van der Waals surface area contributed by atoms with Crippen LogP contribution in [-0.4, -0.2) is 27.4 Å². The van der Waals surface area contributed by atoms with Crippen LogP contribution in [0.3, 0.4) is 0 Å². The first-order valence-electron chi connectivity index (χ1n) is 6.85. The number of ether oxygens (including phenoxy) is 1. The molecule has 0 saturated heterocycles. The number of hydrogen-bond acceptors (Lipinski definition) is 4. The van der Waals surface area contributed by atoms with Gasteiger partial charge in [0, 0.05) is 6.04 Å². The second kappa shape index (κ2) is 8.32. The molecular formula is C15H24N4O. The standard InChI is InChI=1S/C15H24N4O/c1-5-8-14(19-11-17-13(4)18-19)15(6-2)20-10-7-9-12(3)16/h5-6,8,11-12H,1,7,9-10,16H2,2-4H3/b14-8+,15-6+. The molecule has 0 spiro atoms. The lowest BCUT2D eigenvalue weighted by molar-refractivity contribution is 0.216. The second-order valence-electron chi connectivity index (χ2n) is 4.64. The summed E-state index contributed by atoms with van der Waals surface area (Å²) in [5.74, 6) is 1.48. The molecule has 0 aliphatic rings. The summed E-state index contributed by atoms with van der Waals surface area (Å²) in [5, 5.41) is 4.30. The Balaban J connectivity index is 2.74. The summed E-state index contributed by atoms with van der Waals surface area (Å²) in [5.41, 5.74) is 6.55. The van der Waals surface area contributed by atoms with Crippen LogP contribution in [0, 0.1) is 6.92 Å². The molecule has 1 heterocycles. The highest BCUT2D eigenvalue weighted by molar-refractivity contribution is 5.62. The van der Waals surface area contributed by atoms with Crippen molar-refractivity contribution in [3.8, 4) is 0 Å². The first kappa shape index (κ1) is 16.2. The van der Waals surface area contributed by atoms with E-state index in [9.17, 15) is 0 Å². The average molecular weight is 276 g/mol. The molecule has 5 nitrogen and oxygen atoms in total. The van der Waals surface area contributed by atoms with E-state index in [-0.39, 0.29) is 6.04 Å². The number of nitrogens with zero attached hydrogens (tertiary/aromatic N) is 3. The van der Waals surface area contributed by atoms with Gasteiger partial charge in [0.25, 0.3) is 0 Å². The van der Waals surface area contributed by atoms with E-state index in [1.807, 2.05) is 32.9 Å². The molecule has 0 fully saturated rings. The monoisotopic (exact) mass is 276 g/mol. The number of nitrogens with two attached hydrogens (primary N) is 1. The lowest BCUT2D eigenvalue weighted by atomic mass is 10.2. The van der Waals surface area contributed by atoms with Crippen molar-refractivity contribution in [3.05, 3.63) is 42.7 Å². The fraction of sp³-hybridized carbons (Fsp3) is 0.467. The molecule has 2 N–H and O–H groups in total. The molecule has 0 bridgehead atoms. The highest BCUT2D eigenvalue weighted by Crippen LogP contribution is 2.17. The zero-order chi connectivity index (χ0) is 15.0. The Bertz CT molecular complexity index is 486. The summed E-state index contributed by atoms with van der Waals surface area (Å²) in [6, 6.07) is 0.203. The number of allylic oxidation sites excluding steroid dienone is 4. The molecule has 0 amide bonds. The minimum Gasteiger partial charge on any atom is -0.492 e. The summed E-state index contributed by atoms with van der Waals surface area (Å²) < 4.78 is 7.51. The van der Waals surface area contributed by atoms with Crippen molar-refractivity contribution in [2.75, 3.05) is 6.61 Å². The van der Waals surface area contributed by atoms with Crippen molar-refractivity contribution in [2.24, 2.45) is 5.73 Å². The lowest BCUT2D eigenvalue weighted by Gasteiger charge is -2.14. The van der Waals surface area contributed by atoms with Crippen molar-refractivity contribution >= 4 is 5.70 Å². The fourth-order valence-corrected chi connectivity index (χ4v) is 1.74. The van der Waals surface area contributed by atoms with E-state index < -0.39 is 0 Å². The molecule has 1 aromatic rings. The van der Waals surface area contributed by atoms with Crippen molar-refractivity contribution in [2.45, 2.75) is 39.7 Å². The molecule has 1 unspecified atom stereocenters. The van der Waals surface area contributed by atoms with Gasteiger partial charge in [-0.25, -0.2) is 9.67 Å². The van der Waals surface area contributed by atoms with E-state index in [1.165, 1.54) is 0 Å². The van der Waals surface area contributed by atoms with E-state index in [0.717, 1.165) is 24.3 Å². The van der Waals surface area contributed by atoms with Gasteiger partial charge < -0.3 is 10.5 Å². The molecule has 0 radical (unpaired) electrons. The molecule has 20 heavy (non-hydrogen) atoms. The zero-order valence-electron chi connectivity index (χ0n) is 12.5. The average Bonchev–Trinajstić information content (AvgIpc) is 2.83. The molecule has 0 aromatic carbocycles. The number of rotatable bonds is 8. The van der Waals surface area contributed by atoms with E-state index >= 15 is 0 Å². The maximum Gasteiger partial charge on any atom is 0.147 e. The smallest absolute Gasteiger partial charge is 0.147 e. The molecule has 0 saturated carbocycles. The van der Waals surface area contributed by atoms with Gasteiger partial charge in [-0.3, -0.25) is 0 Å². The van der Waals surface area contributed by atoms with Crippen LogP contribution < -0.4 is 5.73 Å². The first-order valence-corrected chi connectivity index (χ1v) is 6.85. The third-order valence-electron chi connectivity index (χ3n) is 2.70. The van der Waals surface area contributed by atoms with Gasteiger partial charge >= 0.3 is 0 Å². The molecule has 110 valence electrons. The Morgan fingerprint density at radius 1 is 1.60 bits per heavy atom. The molecular weight excluding hydrogens is 252 g/mol. The van der Waals surface area contributed by atoms with Crippen LogP contribution in [0.5, 0.6) is 0 Å². The zero-order valence-corrected chi connectivity index (χ0v) is 12.5. The van der Waals surface area contributed by atoms with Crippen molar-refractivity contribution in [3.63, 3.8) is 0 Å². The van der Waals surface area contributed by atoms with Gasteiger partial charge in [-0.1, -0.05) is 12.7 Å². The van der Waals surface area contributed by atoms with E-state index in [2.05, 4.69) is 16.7 Å². The van der Waals surface area contributed by atoms with Crippen molar-refractivity contribution in [1.82, 2.24) is 14.8 Å². The quantitative estimate of drug-likeness (QED) is 0.450. The van der Waals surface area contributed by atoms with Gasteiger partial charge in [-0.15, -0.1) is 0 Å². The Kier molecular flexibility index (Phi) is 6.73. The minimum atomic E-state index is 0.203. The SMILES string of the molecule is C=C/C=C(\C(=C/C)OCCCC(C)N)n1cnc(C)n1. The van der Waals surface area contributed by atoms with Gasteiger partial charge in [0.2, 0.25) is 0 Å². The van der Waals surface area contributed by atoms with Crippen LogP contribution in [0.25, 0.3) is 5.70 Å². The topological polar surface area (TPSA) is 66.0 Å². The summed E-state index contributed by atoms with van der Waals surface area (Å²) in [7, 11) is 0. The normalized spacial score (nSPS) is 14.2. The van der Waals surface area contributed by atoms with E-state index in [1.54, 1.807) is 17.1 Å². The minimum absolute atomic E-state index is 0.203. The van der Waals surface area contributed by atoms with Crippen LogP contribution in [0.2, 0.25) is 0 Å². The van der Waals surface area contributed by atoms with Crippen LogP contribution in [0.15, 0.2) is 36.9 Å². The number of hydrogen-bond donors (Lipinski definition) is 1. The summed E-state index contributed by atoms with van der Waals surface area (Å²) >= 11 is 0. The number of aromatic nitrogens is 3. The Hall–Kier alpha value is -1.88. The Morgan fingerprint density at radius 2 is 2.35 bits per heavy atom. The second-order valence-corrected chi connectivity index (χ2v) is 4.64. The van der Waals surface area contributed by atoms with Crippen molar-refractivity contribution < 1.29 is 4.74 Å². The van der Waals surface area contributed by atoms with Crippen molar-refractivity contribution in [1.29, 1.82) is 0 Å². The molecule has 1 aromatic heterocycles. The van der Waals surface area contributed by atoms with Gasteiger partial charge in [0.05, 0.1) is 6.61 Å². The van der Waals surface area contributed by atoms with Gasteiger partial charge in [-0.05, 0) is 45.8 Å². The van der Waals surface area contributed by atoms with E-state index in [4.69, 9.17) is 10.5 Å². The third-order valence-corrected chi connectivity index (χ3v) is 2.70. The largest absolute Gasteiger partial charge is 0.492 e. The van der Waals surface area contributed by atoms with Gasteiger partial charge in [-0.2, -0.15) is 5.10 Å². The first-order chi connectivity index (χ1) is 9.58. The fourth-order valence-electron chi connectivity index (χ4n) is 1.74. The summed E-state index contributed by atoms with van der Waals surface area (Å²) in [6.45, 7) is 10.1. The molecule has 1 atom stereocenters. The maximum absolute atomic E-state index is 5.82. The predicted octanol–water partition coefficient (Wildman–Crippen LogP) is 2.66. The molecule has 0 aliphatic carbocycles.